The van der Waals surface area contributed by atoms with Gasteiger partial charge in [-0.3, -0.25) is 9.59 Å². The van der Waals surface area contributed by atoms with Gasteiger partial charge in [-0.1, -0.05) is 36.4 Å². The monoisotopic (exact) mass is 327 g/mol. The van der Waals surface area contributed by atoms with Gasteiger partial charge in [-0.05, 0) is 41.7 Å². The van der Waals surface area contributed by atoms with Crippen molar-refractivity contribution >= 4 is 11.9 Å². The van der Waals surface area contributed by atoms with Gasteiger partial charge in [0.1, 0.15) is 5.82 Å². The lowest BCUT2D eigenvalue weighted by atomic mass is 9.98. The van der Waals surface area contributed by atoms with Crippen molar-refractivity contribution in [2.24, 2.45) is 0 Å². The van der Waals surface area contributed by atoms with Gasteiger partial charge < -0.3 is 10.4 Å². The summed E-state index contributed by atoms with van der Waals surface area (Å²) in [7, 11) is 0. The zero-order valence-corrected chi connectivity index (χ0v) is 13.0. The van der Waals surface area contributed by atoms with Gasteiger partial charge in [-0.25, -0.2) is 4.39 Å². The molecule has 124 valence electrons. The second-order valence-corrected chi connectivity index (χ2v) is 6.00. The molecular formula is C19H18FNO3. The van der Waals surface area contributed by atoms with Crippen LogP contribution < -0.4 is 5.32 Å². The van der Waals surface area contributed by atoms with Gasteiger partial charge in [0.15, 0.2) is 0 Å². The predicted octanol–water partition coefficient (Wildman–Crippen LogP) is 3.19. The van der Waals surface area contributed by atoms with Crippen LogP contribution in [0.1, 0.15) is 41.5 Å². The Morgan fingerprint density at radius 1 is 1.17 bits per heavy atom. The number of carbonyl (C=O) groups excluding carboxylic acids is 1. The van der Waals surface area contributed by atoms with Crippen LogP contribution in [0.2, 0.25) is 0 Å². The van der Waals surface area contributed by atoms with Crippen molar-refractivity contribution in [3.05, 3.63) is 71.0 Å². The van der Waals surface area contributed by atoms with E-state index < -0.39 is 17.8 Å². The standard InChI is InChI=1S/C19H18FNO3/c20-14-8-5-13(6-9-14)17(11-18(22)23)21-19(24)16-10-7-12-3-1-2-4-15(12)16/h1-6,8-9,16-17H,7,10-11H2,(H,21,24)(H,22,23). The number of carboxylic acid groups (broad SMARTS) is 1. The first-order valence-electron chi connectivity index (χ1n) is 7.90. The number of carboxylic acids is 1. The number of aliphatic carboxylic acids is 1. The molecule has 0 saturated carbocycles. The fourth-order valence-electron chi connectivity index (χ4n) is 3.22. The minimum absolute atomic E-state index is 0.185. The first-order valence-corrected chi connectivity index (χ1v) is 7.90. The fourth-order valence-corrected chi connectivity index (χ4v) is 3.22. The molecule has 1 amide bonds. The van der Waals surface area contributed by atoms with Crippen LogP contribution in [-0.2, 0) is 16.0 Å². The highest BCUT2D eigenvalue weighted by molar-refractivity contribution is 5.85. The normalized spacial score (nSPS) is 17.1. The molecule has 0 aromatic heterocycles. The van der Waals surface area contributed by atoms with Crippen molar-refractivity contribution in [3.63, 3.8) is 0 Å². The molecular weight excluding hydrogens is 309 g/mol. The van der Waals surface area contributed by atoms with Gasteiger partial charge >= 0.3 is 5.97 Å². The molecule has 1 aliphatic carbocycles. The summed E-state index contributed by atoms with van der Waals surface area (Å²) in [4.78, 5) is 23.8. The van der Waals surface area contributed by atoms with E-state index in [1.807, 2.05) is 24.3 Å². The minimum atomic E-state index is -1.02. The van der Waals surface area contributed by atoms with E-state index in [4.69, 9.17) is 5.11 Å². The molecule has 2 aromatic rings. The van der Waals surface area contributed by atoms with Crippen molar-refractivity contribution in [1.29, 1.82) is 0 Å². The molecule has 4 nitrogen and oxygen atoms in total. The van der Waals surface area contributed by atoms with Crippen LogP contribution in [0.25, 0.3) is 0 Å². The molecule has 0 fully saturated rings. The fraction of sp³-hybridized carbons (Fsp3) is 0.263. The zero-order chi connectivity index (χ0) is 17.1. The predicted molar refractivity (Wildman–Crippen MR) is 87.0 cm³/mol. The number of fused-ring (bicyclic) bond motifs is 1. The summed E-state index contributed by atoms with van der Waals surface area (Å²) in [6.45, 7) is 0. The van der Waals surface area contributed by atoms with Crippen LogP contribution in [0.4, 0.5) is 4.39 Å². The molecule has 2 N–H and O–H groups in total. The number of carbonyl (C=O) groups is 2. The third kappa shape index (κ3) is 3.45. The highest BCUT2D eigenvalue weighted by Crippen LogP contribution is 2.33. The number of amides is 1. The highest BCUT2D eigenvalue weighted by atomic mass is 19.1. The maximum absolute atomic E-state index is 13.1. The van der Waals surface area contributed by atoms with Crippen LogP contribution >= 0.6 is 0 Å². The van der Waals surface area contributed by atoms with Gasteiger partial charge in [-0.2, -0.15) is 0 Å². The van der Waals surface area contributed by atoms with Gasteiger partial charge in [0, 0.05) is 0 Å². The van der Waals surface area contributed by atoms with Crippen molar-refractivity contribution in [2.45, 2.75) is 31.2 Å². The second-order valence-electron chi connectivity index (χ2n) is 6.00. The lowest BCUT2D eigenvalue weighted by Crippen LogP contribution is -2.33. The summed E-state index contributed by atoms with van der Waals surface area (Å²) in [5.74, 6) is -1.87. The molecule has 0 aliphatic heterocycles. The molecule has 0 bridgehead atoms. The molecule has 24 heavy (non-hydrogen) atoms. The van der Waals surface area contributed by atoms with E-state index in [2.05, 4.69) is 5.32 Å². The van der Waals surface area contributed by atoms with E-state index in [9.17, 15) is 14.0 Å². The van der Waals surface area contributed by atoms with E-state index >= 15 is 0 Å². The number of hydrogen-bond acceptors (Lipinski definition) is 2. The van der Waals surface area contributed by atoms with Crippen molar-refractivity contribution in [2.75, 3.05) is 0 Å². The van der Waals surface area contributed by atoms with Gasteiger partial charge in [0.25, 0.3) is 0 Å². The first kappa shape index (κ1) is 16.2. The highest BCUT2D eigenvalue weighted by Gasteiger charge is 2.30. The molecule has 0 saturated heterocycles. The number of benzene rings is 2. The number of aryl methyl sites for hydroxylation is 1. The Bertz CT molecular complexity index is 757. The second kappa shape index (κ2) is 6.83. The van der Waals surface area contributed by atoms with E-state index in [0.717, 1.165) is 17.5 Å². The molecule has 5 heteroatoms. The van der Waals surface area contributed by atoms with Crippen molar-refractivity contribution in [1.82, 2.24) is 5.32 Å². The van der Waals surface area contributed by atoms with Crippen LogP contribution in [0.3, 0.4) is 0 Å². The quantitative estimate of drug-likeness (QED) is 0.886. The lowest BCUT2D eigenvalue weighted by Gasteiger charge is -2.20. The topological polar surface area (TPSA) is 66.4 Å². The van der Waals surface area contributed by atoms with Crippen LogP contribution in [0.15, 0.2) is 48.5 Å². The summed E-state index contributed by atoms with van der Waals surface area (Å²) in [5, 5.41) is 11.9. The summed E-state index contributed by atoms with van der Waals surface area (Å²) >= 11 is 0. The number of nitrogens with one attached hydrogen (secondary N) is 1. The summed E-state index contributed by atoms with van der Waals surface area (Å²) in [6, 6.07) is 12.7. The summed E-state index contributed by atoms with van der Waals surface area (Å²) in [6.07, 6.45) is 1.31. The lowest BCUT2D eigenvalue weighted by molar-refractivity contribution is -0.137. The largest absolute Gasteiger partial charge is 0.481 e. The number of rotatable bonds is 5. The zero-order valence-electron chi connectivity index (χ0n) is 13.0. The molecule has 2 unspecified atom stereocenters. The van der Waals surface area contributed by atoms with E-state index in [0.29, 0.717) is 12.0 Å². The Kier molecular flexibility index (Phi) is 4.60. The van der Waals surface area contributed by atoms with Gasteiger partial charge in [-0.15, -0.1) is 0 Å². The summed E-state index contributed by atoms with van der Waals surface area (Å²) in [5.41, 5.74) is 2.75. The minimum Gasteiger partial charge on any atom is -0.481 e. The van der Waals surface area contributed by atoms with Gasteiger partial charge in [0.05, 0.1) is 18.4 Å². The average molecular weight is 327 g/mol. The Morgan fingerprint density at radius 3 is 2.58 bits per heavy atom. The third-order valence-electron chi connectivity index (χ3n) is 4.42. The Labute approximate surface area is 139 Å². The first-order chi connectivity index (χ1) is 11.5. The van der Waals surface area contributed by atoms with Crippen molar-refractivity contribution < 1.29 is 19.1 Å². The Hall–Kier alpha value is -2.69. The van der Waals surface area contributed by atoms with Crippen LogP contribution in [0.5, 0.6) is 0 Å². The van der Waals surface area contributed by atoms with Crippen molar-refractivity contribution in [3.8, 4) is 0 Å². The molecule has 3 rings (SSSR count). The van der Waals surface area contributed by atoms with Gasteiger partial charge in [0.2, 0.25) is 5.91 Å². The molecule has 0 radical (unpaired) electrons. The smallest absolute Gasteiger partial charge is 0.305 e. The molecule has 0 heterocycles. The van der Waals surface area contributed by atoms with E-state index in [1.54, 1.807) is 0 Å². The molecule has 1 aliphatic rings. The Balaban J connectivity index is 1.79. The summed E-state index contributed by atoms with van der Waals surface area (Å²) < 4.78 is 13.1. The average Bonchev–Trinajstić information content (AvgIpc) is 2.98. The Morgan fingerprint density at radius 2 is 1.88 bits per heavy atom. The third-order valence-corrected chi connectivity index (χ3v) is 4.42. The molecule has 2 aromatic carbocycles. The molecule has 0 spiro atoms. The van der Waals surface area contributed by atoms with Crippen LogP contribution in [-0.4, -0.2) is 17.0 Å². The maximum Gasteiger partial charge on any atom is 0.305 e. The SMILES string of the molecule is O=C(O)CC(NC(=O)C1CCc2ccccc21)c1ccc(F)cc1. The number of hydrogen-bond donors (Lipinski definition) is 2. The van der Waals surface area contributed by atoms with Crippen LogP contribution in [0, 0.1) is 5.82 Å². The maximum atomic E-state index is 13.1. The van der Waals surface area contributed by atoms with E-state index in [-0.39, 0.29) is 18.2 Å². The molecule has 2 atom stereocenters. The number of halogens is 1. The van der Waals surface area contributed by atoms with E-state index in [1.165, 1.54) is 24.3 Å².